The number of alkyl halides is 2. The second-order valence-corrected chi connectivity index (χ2v) is 5.79. The molecule has 2 amide bonds. The van der Waals surface area contributed by atoms with Gasteiger partial charge in [-0.15, -0.1) is 0 Å². The average Bonchev–Trinajstić information content (AvgIpc) is 2.89. The van der Waals surface area contributed by atoms with Crippen molar-refractivity contribution in [3.05, 3.63) is 24.4 Å². The zero-order valence-electron chi connectivity index (χ0n) is 12.4. The molecular formula is C15H16F2N4O2. The highest BCUT2D eigenvalue weighted by Crippen LogP contribution is 2.23. The molecule has 1 aromatic heterocycles. The van der Waals surface area contributed by atoms with Gasteiger partial charge in [0.05, 0.1) is 11.7 Å². The number of anilines is 1. The second-order valence-electron chi connectivity index (χ2n) is 5.79. The van der Waals surface area contributed by atoms with Gasteiger partial charge in [-0.1, -0.05) is 6.92 Å². The number of fused-ring (bicyclic) bond motifs is 1. The predicted octanol–water partition coefficient (Wildman–Crippen LogP) is 2.28. The largest absolute Gasteiger partial charge is 0.344 e. The van der Waals surface area contributed by atoms with Crippen LogP contribution in [0.5, 0.6) is 0 Å². The zero-order valence-corrected chi connectivity index (χ0v) is 12.4. The van der Waals surface area contributed by atoms with Gasteiger partial charge in [-0.2, -0.15) is 13.9 Å². The Morgan fingerprint density at radius 3 is 2.96 bits per heavy atom. The SMILES string of the molecule is C[C@H]1CC(=O)N[C@@H](C(=O)Nc2ccc3c(cnn3C(F)F)c2)C1. The van der Waals surface area contributed by atoms with Crippen molar-refractivity contribution in [1.29, 1.82) is 0 Å². The van der Waals surface area contributed by atoms with Gasteiger partial charge in [-0.05, 0) is 30.5 Å². The fourth-order valence-corrected chi connectivity index (χ4v) is 2.80. The molecule has 0 aliphatic carbocycles. The van der Waals surface area contributed by atoms with E-state index in [2.05, 4.69) is 15.7 Å². The maximum Gasteiger partial charge on any atom is 0.333 e. The second kappa shape index (κ2) is 5.94. The van der Waals surface area contributed by atoms with Gasteiger partial charge in [0.2, 0.25) is 11.8 Å². The van der Waals surface area contributed by atoms with E-state index in [1.165, 1.54) is 18.3 Å². The molecule has 2 N–H and O–H groups in total. The van der Waals surface area contributed by atoms with Crippen molar-refractivity contribution in [3.8, 4) is 0 Å². The van der Waals surface area contributed by atoms with Gasteiger partial charge in [0, 0.05) is 17.5 Å². The van der Waals surface area contributed by atoms with Gasteiger partial charge in [0.1, 0.15) is 6.04 Å². The standard InChI is InChI=1S/C15H16F2N4O2/c1-8-4-11(20-13(22)5-8)14(23)19-10-2-3-12-9(6-10)7-18-21(12)15(16)17/h2-3,6-8,11,15H,4-5H2,1H3,(H,19,23)(H,20,22)/t8-,11-/m1/s1. The predicted molar refractivity (Wildman–Crippen MR) is 79.9 cm³/mol. The summed E-state index contributed by atoms with van der Waals surface area (Å²) in [5.74, 6) is -0.311. The first-order valence-electron chi connectivity index (χ1n) is 7.29. The fourth-order valence-electron chi connectivity index (χ4n) is 2.80. The summed E-state index contributed by atoms with van der Waals surface area (Å²) < 4.78 is 26.1. The summed E-state index contributed by atoms with van der Waals surface area (Å²) in [4.78, 5) is 23.8. The quantitative estimate of drug-likeness (QED) is 0.910. The molecule has 122 valence electrons. The van der Waals surface area contributed by atoms with E-state index in [0.717, 1.165) is 0 Å². The number of nitrogens with zero attached hydrogens (tertiary/aromatic N) is 2. The minimum atomic E-state index is -2.72. The van der Waals surface area contributed by atoms with Crippen molar-refractivity contribution in [3.63, 3.8) is 0 Å². The van der Waals surface area contributed by atoms with E-state index in [4.69, 9.17) is 0 Å². The first-order valence-corrected chi connectivity index (χ1v) is 7.29. The van der Waals surface area contributed by atoms with Crippen LogP contribution in [0.1, 0.15) is 26.3 Å². The average molecular weight is 322 g/mol. The molecule has 0 saturated carbocycles. The molecular weight excluding hydrogens is 306 g/mol. The number of benzene rings is 1. The molecule has 8 heteroatoms. The molecule has 2 atom stereocenters. The lowest BCUT2D eigenvalue weighted by molar-refractivity contribution is -0.129. The maximum absolute atomic E-state index is 12.7. The summed E-state index contributed by atoms with van der Waals surface area (Å²) in [5, 5.41) is 9.49. The van der Waals surface area contributed by atoms with Gasteiger partial charge >= 0.3 is 6.55 Å². The first kappa shape index (κ1) is 15.4. The summed E-state index contributed by atoms with van der Waals surface area (Å²) in [6, 6.07) is 4.01. The van der Waals surface area contributed by atoms with Gasteiger partial charge in [0.15, 0.2) is 0 Å². The van der Waals surface area contributed by atoms with Crippen LogP contribution in [0.25, 0.3) is 10.9 Å². The fraction of sp³-hybridized carbons (Fsp3) is 0.400. The van der Waals surface area contributed by atoms with Gasteiger partial charge in [-0.25, -0.2) is 4.68 Å². The van der Waals surface area contributed by atoms with E-state index in [1.807, 2.05) is 6.92 Å². The third-order valence-corrected chi connectivity index (χ3v) is 3.87. The number of carbonyl (C=O) groups is 2. The molecule has 1 aliphatic heterocycles. The van der Waals surface area contributed by atoms with E-state index >= 15 is 0 Å². The number of carbonyl (C=O) groups excluding carboxylic acids is 2. The van der Waals surface area contributed by atoms with Crippen molar-refractivity contribution in [1.82, 2.24) is 15.1 Å². The lowest BCUT2D eigenvalue weighted by Gasteiger charge is -2.26. The van der Waals surface area contributed by atoms with Crippen LogP contribution in [0.3, 0.4) is 0 Å². The zero-order chi connectivity index (χ0) is 16.6. The van der Waals surface area contributed by atoms with Crippen LogP contribution >= 0.6 is 0 Å². The number of nitrogens with one attached hydrogen (secondary N) is 2. The summed E-state index contributed by atoms with van der Waals surface area (Å²) in [5.41, 5.74) is 0.765. The normalized spacial score (nSPS) is 21.5. The van der Waals surface area contributed by atoms with Crippen LogP contribution in [0.4, 0.5) is 14.5 Å². The Bertz CT molecular complexity index is 759. The van der Waals surface area contributed by atoms with E-state index < -0.39 is 12.6 Å². The van der Waals surface area contributed by atoms with Crippen LogP contribution < -0.4 is 10.6 Å². The van der Waals surface area contributed by atoms with E-state index in [1.54, 1.807) is 6.07 Å². The van der Waals surface area contributed by atoms with E-state index in [-0.39, 0.29) is 23.2 Å². The number of halogens is 2. The van der Waals surface area contributed by atoms with Crippen molar-refractivity contribution in [2.75, 3.05) is 5.32 Å². The molecule has 0 bridgehead atoms. The van der Waals surface area contributed by atoms with Crippen LogP contribution in [0.15, 0.2) is 24.4 Å². The van der Waals surface area contributed by atoms with Gasteiger partial charge < -0.3 is 10.6 Å². The Labute approximate surface area is 130 Å². The van der Waals surface area contributed by atoms with Gasteiger partial charge in [-0.3, -0.25) is 9.59 Å². The Hall–Kier alpha value is -2.51. The molecule has 6 nitrogen and oxygen atoms in total. The van der Waals surface area contributed by atoms with Crippen LogP contribution in [0.2, 0.25) is 0 Å². The summed E-state index contributed by atoms with van der Waals surface area (Å²) in [7, 11) is 0. The number of aromatic nitrogens is 2. The molecule has 3 rings (SSSR count). The van der Waals surface area contributed by atoms with E-state index in [0.29, 0.717) is 28.6 Å². The Morgan fingerprint density at radius 2 is 2.26 bits per heavy atom. The van der Waals surface area contributed by atoms with Crippen molar-refractivity contribution in [2.24, 2.45) is 5.92 Å². The Balaban J connectivity index is 1.76. The molecule has 2 heterocycles. The number of rotatable bonds is 3. The number of hydrogen-bond donors (Lipinski definition) is 2. The monoisotopic (exact) mass is 322 g/mol. The van der Waals surface area contributed by atoms with Crippen molar-refractivity contribution >= 4 is 28.4 Å². The molecule has 0 radical (unpaired) electrons. The number of amides is 2. The topological polar surface area (TPSA) is 76.0 Å². The van der Waals surface area contributed by atoms with Crippen molar-refractivity contribution < 1.29 is 18.4 Å². The highest BCUT2D eigenvalue weighted by atomic mass is 19.3. The smallest absolute Gasteiger partial charge is 0.333 e. The molecule has 1 fully saturated rings. The van der Waals surface area contributed by atoms with Gasteiger partial charge in [0.25, 0.3) is 0 Å². The van der Waals surface area contributed by atoms with Crippen LogP contribution in [-0.2, 0) is 9.59 Å². The Kier molecular flexibility index (Phi) is 3.97. The maximum atomic E-state index is 12.7. The minimum Gasteiger partial charge on any atom is -0.344 e. The molecule has 0 unspecified atom stereocenters. The lowest BCUT2D eigenvalue weighted by Crippen LogP contribution is -2.48. The highest BCUT2D eigenvalue weighted by molar-refractivity contribution is 5.99. The lowest BCUT2D eigenvalue weighted by atomic mass is 9.93. The number of piperidine rings is 1. The molecule has 23 heavy (non-hydrogen) atoms. The summed E-state index contributed by atoms with van der Waals surface area (Å²) in [6.07, 6.45) is 2.31. The molecule has 1 aliphatic rings. The number of hydrogen-bond acceptors (Lipinski definition) is 3. The third kappa shape index (κ3) is 3.15. The molecule has 1 saturated heterocycles. The van der Waals surface area contributed by atoms with E-state index in [9.17, 15) is 18.4 Å². The summed E-state index contributed by atoms with van der Waals surface area (Å²) >= 11 is 0. The molecule has 2 aromatic rings. The third-order valence-electron chi connectivity index (χ3n) is 3.87. The highest BCUT2D eigenvalue weighted by Gasteiger charge is 2.28. The van der Waals surface area contributed by atoms with Crippen LogP contribution in [0, 0.1) is 5.92 Å². The summed E-state index contributed by atoms with van der Waals surface area (Å²) in [6.45, 7) is -0.795. The molecule has 0 spiro atoms. The minimum absolute atomic E-state index is 0.141. The molecule has 1 aromatic carbocycles. The Morgan fingerprint density at radius 1 is 1.48 bits per heavy atom. The first-order chi connectivity index (χ1) is 10.9. The van der Waals surface area contributed by atoms with Crippen LogP contribution in [-0.4, -0.2) is 27.6 Å². The van der Waals surface area contributed by atoms with Crippen molar-refractivity contribution in [2.45, 2.75) is 32.4 Å².